The molecule has 0 saturated carbocycles. The third-order valence-electron chi connectivity index (χ3n) is 2.92. The molecule has 0 fully saturated rings. The van der Waals surface area contributed by atoms with Gasteiger partial charge >= 0.3 is 0 Å². The molecule has 1 aromatic carbocycles. The van der Waals surface area contributed by atoms with Crippen LogP contribution in [0, 0.1) is 0 Å². The van der Waals surface area contributed by atoms with Crippen molar-refractivity contribution in [2.75, 3.05) is 18.5 Å². The van der Waals surface area contributed by atoms with E-state index in [4.69, 9.17) is 9.84 Å². The Bertz CT molecular complexity index is 487. The number of rotatable bonds is 9. The van der Waals surface area contributed by atoms with Crippen LogP contribution in [0.4, 0.5) is 5.69 Å². The van der Waals surface area contributed by atoms with Crippen LogP contribution in [-0.2, 0) is 9.59 Å². The van der Waals surface area contributed by atoms with Crippen LogP contribution in [0.25, 0.3) is 0 Å². The minimum atomic E-state index is -1.33. The molecule has 0 spiro atoms. The molecular weight excluding hydrogens is 288 g/mol. The SMILES string of the molecule is CCOc1ccc(NC(=O)C[C@H]([NH2+]C[C@H](C)O)C(=O)[O-])cc1. The zero-order chi connectivity index (χ0) is 16.5. The second-order valence-electron chi connectivity index (χ2n) is 4.96. The first-order chi connectivity index (χ1) is 10.4. The molecule has 1 rings (SSSR count). The number of hydrogen-bond donors (Lipinski definition) is 3. The lowest BCUT2D eigenvalue weighted by Crippen LogP contribution is -2.94. The third kappa shape index (κ3) is 6.55. The van der Waals surface area contributed by atoms with Gasteiger partial charge in [-0.3, -0.25) is 4.79 Å². The van der Waals surface area contributed by atoms with Gasteiger partial charge in [-0.2, -0.15) is 0 Å². The van der Waals surface area contributed by atoms with Crippen molar-refractivity contribution in [2.45, 2.75) is 32.4 Å². The Balaban J connectivity index is 2.53. The van der Waals surface area contributed by atoms with Crippen molar-refractivity contribution in [1.82, 2.24) is 0 Å². The number of nitrogens with one attached hydrogen (secondary N) is 1. The predicted octanol–water partition coefficient (Wildman–Crippen LogP) is -1.52. The molecule has 4 N–H and O–H groups in total. The van der Waals surface area contributed by atoms with Crippen molar-refractivity contribution in [3.05, 3.63) is 24.3 Å². The van der Waals surface area contributed by atoms with E-state index in [1.54, 1.807) is 31.2 Å². The van der Waals surface area contributed by atoms with E-state index in [-0.39, 0.29) is 13.0 Å². The molecule has 0 aliphatic rings. The van der Waals surface area contributed by atoms with Crippen LogP contribution in [0.15, 0.2) is 24.3 Å². The maximum absolute atomic E-state index is 11.9. The van der Waals surface area contributed by atoms with Gasteiger partial charge in [0.05, 0.1) is 25.1 Å². The van der Waals surface area contributed by atoms with Gasteiger partial charge in [0.2, 0.25) is 5.91 Å². The predicted molar refractivity (Wildman–Crippen MR) is 78.1 cm³/mol. The Labute approximate surface area is 129 Å². The highest BCUT2D eigenvalue weighted by atomic mass is 16.5. The Morgan fingerprint density at radius 1 is 1.36 bits per heavy atom. The number of aliphatic carboxylic acids is 1. The fourth-order valence-electron chi connectivity index (χ4n) is 1.84. The second-order valence-corrected chi connectivity index (χ2v) is 4.96. The first-order valence-corrected chi connectivity index (χ1v) is 7.17. The third-order valence-corrected chi connectivity index (χ3v) is 2.92. The average Bonchev–Trinajstić information content (AvgIpc) is 2.45. The molecule has 7 nitrogen and oxygen atoms in total. The van der Waals surface area contributed by atoms with Crippen molar-refractivity contribution in [3.63, 3.8) is 0 Å². The van der Waals surface area contributed by atoms with Gasteiger partial charge in [-0.05, 0) is 38.1 Å². The van der Waals surface area contributed by atoms with Gasteiger partial charge in [0.1, 0.15) is 18.3 Å². The summed E-state index contributed by atoms with van der Waals surface area (Å²) in [6, 6.07) is 5.76. The van der Waals surface area contributed by atoms with E-state index in [0.717, 1.165) is 0 Å². The van der Waals surface area contributed by atoms with Crippen LogP contribution in [0.1, 0.15) is 20.3 Å². The van der Waals surface area contributed by atoms with Crippen molar-refractivity contribution in [3.8, 4) is 5.75 Å². The highest BCUT2D eigenvalue weighted by molar-refractivity contribution is 5.93. The number of hydrogen-bond acceptors (Lipinski definition) is 5. The van der Waals surface area contributed by atoms with Crippen molar-refractivity contribution >= 4 is 17.6 Å². The minimum Gasteiger partial charge on any atom is -0.544 e. The highest BCUT2D eigenvalue weighted by Gasteiger charge is 2.19. The summed E-state index contributed by atoms with van der Waals surface area (Å²) in [5, 5.41) is 24.2. The van der Waals surface area contributed by atoms with E-state index in [2.05, 4.69) is 5.32 Å². The second kappa shape index (κ2) is 9.01. The molecule has 1 amide bonds. The van der Waals surface area contributed by atoms with Gasteiger partial charge in [0.25, 0.3) is 0 Å². The molecule has 0 saturated heterocycles. The first kappa shape index (κ1) is 17.9. The van der Waals surface area contributed by atoms with Crippen LogP contribution < -0.4 is 20.5 Å². The van der Waals surface area contributed by atoms with E-state index in [1.165, 1.54) is 5.32 Å². The Hall–Kier alpha value is -2.12. The van der Waals surface area contributed by atoms with E-state index in [0.29, 0.717) is 18.0 Å². The quantitative estimate of drug-likeness (QED) is 0.512. The lowest BCUT2D eigenvalue weighted by atomic mass is 10.2. The number of carboxylic acids is 1. The van der Waals surface area contributed by atoms with E-state index in [1.807, 2.05) is 6.92 Å². The summed E-state index contributed by atoms with van der Waals surface area (Å²) in [6.07, 6.45) is -0.890. The van der Waals surface area contributed by atoms with Gasteiger partial charge in [-0.25, -0.2) is 0 Å². The maximum atomic E-state index is 11.9. The number of carboxylic acid groups (broad SMARTS) is 1. The zero-order valence-electron chi connectivity index (χ0n) is 12.7. The molecule has 0 unspecified atom stereocenters. The summed E-state index contributed by atoms with van der Waals surface area (Å²) in [4.78, 5) is 22.9. The van der Waals surface area contributed by atoms with Crippen LogP contribution in [0.5, 0.6) is 5.75 Å². The number of benzene rings is 1. The molecule has 122 valence electrons. The molecule has 1 aromatic rings. The molecule has 0 bridgehead atoms. The fourth-order valence-corrected chi connectivity index (χ4v) is 1.84. The van der Waals surface area contributed by atoms with Crippen LogP contribution in [-0.4, -0.2) is 42.3 Å². The number of amides is 1. The van der Waals surface area contributed by atoms with E-state index in [9.17, 15) is 14.7 Å². The van der Waals surface area contributed by atoms with Crippen molar-refractivity contribution < 1.29 is 29.9 Å². The van der Waals surface area contributed by atoms with E-state index < -0.39 is 24.0 Å². The number of quaternary nitrogens is 1. The minimum absolute atomic E-state index is 0.189. The topological polar surface area (TPSA) is 115 Å². The number of aliphatic hydroxyl groups is 1. The molecule has 0 aliphatic heterocycles. The van der Waals surface area contributed by atoms with Gasteiger partial charge in [-0.15, -0.1) is 0 Å². The van der Waals surface area contributed by atoms with Gasteiger partial charge in [-0.1, -0.05) is 0 Å². The summed E-state index contributed by atoms with van der Waals surface area (Å²) in [5.74, 6) is -1.07. The molecule has 0 heterocycles. The highest BCUT2D eigenvalue weighted by Crippen LogP contribution is 2.15. The number of nitrogens with two attached hydrogens (primary N) is 1. The monoisotopic (exact) mass is 310 g/mol. The van der Waals surface area contributed by atoms with Gasteiger partial charge < -0.3 is 30.4 Å². The molecular formula is C15H22N2O5. The Kier molecular flexibility index (Phi) is 7.34. The molecule has 2 atom stereocenters. The number of aliphatic hydroxyl groups excluding tert-OH is 1. The Morgan fingerprint density at radius 3 is 2.50 bits per heavy atom. The number of carbonyl (C=O) groups excluding carboxylic acids is 2. The molecule has 0 aliphatic carbocycles. The molecule has 0 aromatic heterocycles. The average molecular weight is 310 g/mol. The Morgan fingerprint density at radius 2 is 2.00 bits per heavy atom. The molecule has 7 heteroatoms. The summed E-state index contributed by atoms with van der Waals surface area (Å²) >= 11 is 0. The standard InChI is InChI=1S/C15H22N2O5/c1-3-22-12-6-4-11(5-7-12)17-14(19)8-13(15(20)21)16-9-10(2)18/h4-7,10,13,16,18H,3,8-9H2,1-2H3,(H,17,19)(H,20,21)/t10-,13-/m0/s1. The molecule has 22 heavy (non-hydrogen) atoms. The van der Waals surface area contributed by atoms with Crippen LogP contribution in [0.3, 0.4) is 0 Å². The van der Waals surface area contributed by atoms with E-state index >= 15 is 0 Å². The normalized spacial score (nSPS) is 13.2. The maximum Gasteiger partial charge on any atom is 0.230 e. The zero-order valence-corrected chi connectivity index (χ0v) is 12.7. The molecule has 0 radical (unpaired) electrons. The van der Waals surface area contributed by atoms with Gasteiger partial charge in [0.15, 0.2) is 0 Å². The van der Waals surface area contributed by atoms with Gasteiger partial charge in [0, 0.05) is 5.69 Å². The summed E-state index contributed by atoms with van der Waals surface area (Å²) in [7, 11) is 0. The number of ether oxygens (including phenoxy) is 1. The van der Waals surface area contributed by atoms with Crippen molar-refractivity contribution in [1.29, 1.82) is 0 Å². The summed E-state index contributed by atoms with van der Waals surface area (Å²) in [5.41, 5.74) is 0.557. The lowest BCUT2D eigenvalue weighted by molar-refractivity contribution is -0.687. The smallest absolute Gasteiger partial charge is 0.230 e. The largest absolute Gasteiger partial charge is 0.544 e. The fraction of sp³-hybridized carbons (Fsp3) is 0.467. The lowest BCUT2D eigenvalue weighted by Gasteiger charge is -2.17. The summed E-state index contributed by atoms with van der Waals surface area (Å²) < 4.78 is 5.29. The van der Waals surface area contributed by atoms with Crippen LogP contribution >= 0.6 is 0 Å². The van der Waals surface area contributed by atoms with Crippen LogP contribution in [0.2, 0.25) is 0 Å². The summed E-state index contributed by atoms with van der Waals surface area (Å²) in [6.45, 7) is 4.16. The first-order valence-electron chi connectivity index (χ1n) is 7.17. The number of anilines is 1. The number of carbonyl (C=O) groups is 2. The van der Waals surface area contributed by atoms with Crippen molar-refractivity contribution in [2.24, 2.45) is 0 Å².